The van der Waals surface area contributed by atoms with E-state index in [0.717, 1.165) is 6.61 Å². The molecule has 0 aromatic heterocycles. The summed E-state index contributed by atoms with van der Waals surface area (Å²) in [7, 11) is 4.16. The van der Waals surface area contributed by atoms with Crippen LogP contribution in [-0.2, 0) is 4.74 Å². The summed E-state index contributed by atoms with van der Waals surface area (Å²) in [6.07, 6.45) is 2.69. The molecule has 2 heteroatoms. The summed E-state index contributed by atoms with van der Waals surface area (Å²) in [5.41, 5.74) is 4.07. The van der Waals surface area contributed by atoms with Crippen molar-refractivity contribution in [3.8, 4) is 0 Å². The zero-order valence-corrected chi connectivity index (χ0v) is 13.8. The number of ether oxygens (including phenoxy) is 1. The van der Waals surface area contributed by atoms with Crippen molar-refractivity contribution in [3.05, 3.63) is 41.5 Å². The van der Waals surface area contributed by atoms with Gasteiger partial charge in [0.15, 0.2) is 0 Å². The van der Waals surface area contributed by atoms with Crippen LogP contribution >= 0.6 is 0 Å². The number of nitrogens with zero attached hydrogens (tertiary/aromatic N) is 1. The largest absolute Gasteiger partial charge is 0.378 e. The summed E-state index contributed by atoms with van der Waals surface area (Å²) in [6, 6.07) is 8.86. The average molecular weight is 285 g/mol. The second-order valence-electron chi connectivity index (χ2n) is 7.06. The first-order valence-electron chi connectivity index (χ1n) is 8.06. The SMILES string of the molecule is CC1=C[C@@H](C)[C@H]2CO[C@@H](c3ccc(N(C)C)cc3)[C@@H]1[C@H]2C. The van der Waals surface area contributed by atoms with Crippen LogP contribution in [0.3, 0.4) is 0 Å². The van der Waals surface area contributed by atoms with Crippen LogP contribution in [0.15, 0.2) is 35.9 Å². The smallest absolute Gasteiger partial charge is 0.0892 e. The molecule has 1 heterocycles. The van der Waals surface area contributed by atoms with E-state index in [4.69, 9.17) is 4.74 Å². The van der Waals surface area contributed by atoms with Crippen molar-refractivity contribution in [3.63, 3.8) is 0 Å². The quantitative estimate of drug-likeness (QED) is 0.752. The minimum atomic E-state index is 0.219. The third-order valence-corrected chi connectivity index (χ3v) is 5.50. The number of hydrogen-bond donors (Lipinski definition) is 0. The monoisotopic (exact) mass is 285 g/mol. The lowest BCUT2D eigenvalue weighted by Gasteiger charge is -2.47. The predicted octanol–water partition coefficient (Wildman–Crippen LogP) is 4.29. The van der Waals surface area contributed by atoms with Crippen molar-refractivity contribution in [2.75, 3.05) is 25.6 Å². The van der Waals surface area contributed by atoms with E-state index in [-0.39, 0.29) is 6.10 Å². The Balaban J connectivity index is 1.90. The van der Waals surface area contributed by atoms with Gasteiger partial charge in [0.2, 0.25) is 0 Å². The van der Waals surface area contributed by atoms with Gasteiger partial charge in [0.05, 0.1) is 12.7 Å². The van der Waals surface area contributed by atoms with Crippen molar-refractivity contribution >= 4 is 5.69 Å². The summed E-state index contributed by atoms with van der Waals surface area (Å²) in [4.78, 5) is 2.14. The highest BCUT2D eigenvalue weighted by Gasteiger charge is 2.43. The Morgan fingerprint density at radius 2 is 1.76 bits per heavy atom. The molecule has 0 spiro atoms. The lowest BCUT2D eigenvalue weighted by atomic mass is 9.64. The maximum Gasteiger partial charge on any atom is 0.0892 e. The first-order valence-corrected chi connectivity index (χ1v) is 8.06. The van der Waals surface area contributed by atoms with Gasteiger partial charge in [-0.25, -0.2) is 0 Å². The molecule has 114 valence electrons. The van der Waals surface area contributed by atoms with Crippen LogP contribution in [0, 0.1) is 23.7 Å². The van der Waals surface area contributed by atoms with Crippen LogP contribution in [0.1, 0.15) is 32.4 Å². The van der Waals surface area contributed by atoms with Gasteiger partial charge >= 0.3 is 0 Å². The summed E-state index contributed by atoms with van der Waals surface area (Å²) in [6.45, 7) is 7.91. The molecular weight excluding hydrogens is 258 g/mol. The molecule has 0 N–H and O–H groups in total. The van der Waals surface area contributed by atoms with E-state index in [9.17, 15) is 0 Å². The van der Waals surface area contributed by atoms with Crippen molar-refractivity contribution in [1.29, 1.82) is 0 Å². The molecule has 1 aromatic rings. The minimum Gasteiger partial charge on any atom is -0.378 e. The molecule has 1 fully saturated rings. The number of rotatable bonds is 2. The molecule has 2 bridgehead atoms. The zero-order valence-electron chi connectivity index (χ0n) is 13.8. The second kappa shape index (κ2) is 5.49. The average Bonchev–Trinajstić information content (AvgIpc) is 2.44. The number of allylic oxidation sites excluding steroid dienone is 1. The van der Waals surface area contributed by atoms with Crippen LogP contribution in [-0.4, -0.2) is 20.7 Å². The van der Waals surface area contributed by atoms with Crippen LogP contribution in [0.25, 0.3) is 0 Å². The van der Waals surface area contributed by atoms with E-state index in [1.54, 1.807) is 0 Å². The van der Waals surface area contributed by atoms with E-state index < -0.39 is 0 Å². The molecule has 1 aromatic carbocycles. The fraction of sp³-hybridized carbons (Fsp3) is 0.579. The number of benzene rings is 1. The highest BCUT2D eigenvalue weighted by molar-refractivity contribution is 5.46. The molecule has 1 aliphatic carbocycles. The topological polar surface area (TPSA) is 12.5 Å². The Hall–Kier alpha value is -1.28. The third-order valence-electron chi connectivity index (χ3n) is 5.50. The van der Waals surface area contributed by atoms with Crippen LogP contribution in [0.5, 0.6) is 0 Å². The first-order chi connectivity index (χ1) is 9.99. The van der Waals surface area contributed by atoms with Gasteiger partial charge in [0.1, 0.15) is 0 Å². The Bertz CT molecular complexity index is 531. The number of hydrogen-bond acceptors (Lipinski definition) is 2. The maximum atomic E-state index is 6.29. The molecule has 0 saturated carbocycles. The molecule has 1 aliphatic heterocycles. The molecule has 0 amide bonds. The lowest BCUT2D eigenvalue weighted by molar-refractivity contribution is -0.0934. The van der Waals surface area contributed by atoms with Gasteiger partial charge in [-0.15, -0.1) is 0 Å². The Morgan fingerprint density at radius 3 is 2.38 bits per heavy atom. The van der Waals surface area contributed by atoms with Crippen LogP contribution in [0.4, 0.5) is 5.69 Å². The van der Waals surface area contributed by atoms with Gasteiger partial charge < -0.3 is 9.64 Å². The molecule has 1 saturated heterocycles. The van der Waals surface area contributed by atoms with Gasteiger partial charge in [-0.2, -0.15) is 0 Å². The van der Waals surface area contributed by atoms with Crippen molar-refractivity contribution in [1.82, 2.24) is 0 Å². The van der Waals surface area contributed by atoms with Crippen LogP contribution < -0.4 is 4.90 Å². The van der Waals surface area contributed by atoms with E-state index in [1.807, 2.05) is 0 Å². The zero-order chi connectivity index (χ0) is 15.1. The van der Waals surface area contributed by atoms with Gasteiger partial charge in [0, 0.05) is 25.7 Å². The van der Waals surface area contributed by atoms with Gasteiger partial charge in [-0.05, 0) is 42.4 Å². The fourth-order valence-corrected chi connectivity index (χ4v) is 4.21. The summed E-state index contributed by atoms with van der Waals surface area (Å²) in [5.74, 6) is 2.56. The lowest BCUT2D eigenvalue weighted by Crippen LogP contribution is -2.42. The maximum absolute atomic E-state index is 6.29. The summed E-state index contributed by atoms with van der Waals surface area (Å²) in [5, 5.41) is 0. The van der Waals surface area contributed by atoms with Crippen molar-refractivity contribution in [2.24, 2.45) is 23.7 Å². The Morgan fingerprint density at radius 1 is 1.10 bits per heavy atom. The molecule has 2 aliphatic rings. The summed E-state index contributed by atoms with van der Waals surface area (Å²) < 4.78 is 6.29. The van der Waals surface area contributed by atoms with Crippen LogP contribution in [0.2, 0.25) is 0 Å². The number of fused-ring (bicyclic) bond motifs is 2. The highest BCUT2D eigenvalue weighted by atomic mass is 16.5. The highest BCUT2D eigenvalue weighted by Crippen LogP contribution is 2.49. The van der Waals surface area contributed by atoms with E-state index in [0.29, 0.717) is 23.7 Å². The minimum absolute atomic E-state index is 0.219. The van der Waals surface area contributed by atoms with E-state index in [2.05, 4.69) is 70.1 Å². The van der Waals surface area contributed by atoms with Gasteiger partial charge in [0.25, 0.3) is 0 Å². The Labute approximate surface area is 128 Å². The fourth-order valence-electron chi connectivity index (χ4n) is 4.21. The van der Waals surface area contributed by atoms with E-state index >= 15 is 0 Å². The van der Waals surface area contributed by atoms with Crippen molar-refractivity contribution in [2.45, 2.75) is 26.9 Å². The first kappa shape index (κ1) is 14.6. The normalized spacial score (nSPS) is 35.3. The van der Waals surface area contributed by atoms with E-state index in [1.165, 1.54) is 16.8 Å². The van der Waals surface area contributed by atoms with Gasteiger partial charge in [-0.3, -0.25) is 0 Å². The molecular formula is C19H27NO. The second-order valence-corrected chi connectivity index (χ2v) is 7.06. The molecule has 0 radical (unpaired) electrons. The molecule has 3 rings (SSSR count). The molecule has 21 heavy (non-hydrogen) atoms. The molecule has 0 unspecified atom stereocenters. The predicted molar refractivity (Wildman–Crippen MR) is 88.5 cm³/mol. The standard InChI is InChI=1S/C19H27NO/c1-12-10-13(2)18-14(3)17(12)11-21-19(18)15-6-8-16(9-7-15)20(4)5/h6-10,12,14,17-19H,11H2,1-5H3/t12-,14+,17-,18+,19+/m1/s1. The van der Waals surface area contributed by atoms with Crippen molar-refractivity contribution < 1.29 is 4.74 Å². The third kappa shape index (κ3) is 2.50. The van der Waals surface area contributed by atoms with Gasteiger partial charge in [-0.1, -0.05) is 37.6 Å². The summed E-state index contributed by atoms with van der Waals surface area (Å²) >= 11 is 0. The molecule has 2 nitrogen and oxygen atoms in total. The number of anilines is 1. The Kier molecular flexibility index (Phi) is 3.83. The molecule has 5 atom stereocenters.